The lowest BCUT2D eigenvalue weighted by Crippen LogP contribution is -2.28. The number of carboxylic acids is 1. The molecule has 8 nitrogen and oxygen atoms in total. The molecule has 2 N–H and O–H groups in total. The average molecular weight is 355 g/mol. The van der Waals surface area contributed by atoms with E-state index in [-0.39, 0.29) is 29.8 Å². The summed E-state index contributed by atoms with van der Waals surface area (Å²) < 4.78 is 4.67. The molecular weight excluding hydrogens is 338 g/mol. The maximum atomic E-state index is 12.4. The number of hydrogen-bond donors (Lipinski definition) is 2. The van der Waals surface area contributed by atoms with E-state index in [2.05, 4.69) is 20.0 Å². The van der Waals surface area contributed by atoms with Crippen LogP contribution < -0.4 is 5.32 Å². The van der Waals surface area contributed by atoms with E-state index >= 15 is 0 Å². The molecule has 0 aliphatic heterocycles. The number of aryl methyl sites for hydroxylation is 1. The molecule has 1 amide bonds. The van der Waals surface area contributed by atoms with E-state index in [0.29, 0.717) is 0 Å². The van der Waals surface area contributed by atoms with Gasteiger partial charge in [0.05, 0.1) is 19.6 Å². The number of amides is 1. The number of fused-ring (bicyclic) bond motifs is 1. The van der Waals surface area contributed by atoms with Gasteiger partial charge in [-0.05, 0) is 29.5 Å². The minimum Gasteiger partial charge on any atom is -0.477 e. The molecule has 0 saturated heterocycles. The predicted molar refractivity (Wildman–Crippen MR) is 89.7 cm³/mol. The molecule has 0 spiro atoms. The number of carboxylic acid groups (broad SMARTS) is 1. The fourth-order valence-electron chi connectivity index (χ4n) is 3.00. The highest BCUT2D eigenvalue weighted by Gasteiger charge is 2.25. The summed E-state index contributed by atoms with van der Waals surface area (Å²) in [6, 6.07) is 6.65. The van der Waals surface area contributed by atoms with Crippen LogP contribution in [0, 0.1) is 0 Å². The highest BCUT2D eigenvalue weighted by atomic mass is 16.5. The zero-order chi connectivity index (χ0) is 18.7. The Balaban J connectivity index is 1.73. The Hall–Kier alpha value is -3.29. The van der Waals surface area contributed by atoms with Gasteiger partial charge in [0.1, 0.15) is 12.0 Å². The molecule has 1 aromatic heterocycles. The molecule has 2 aromatic rings. The summed E-state index contributed by atoms with van der Waals surface area (Å²) in [6.07, 6.45) is 2.76. The number of methoxy groups -OCH3 is 1. The first-order valence-electron chi connectivity index (χ1n) is 8.02. The molecule has 1 heterocycles. The van der Waals surface area contributed by atoms with Gasteiger partial charge in [0.15, 0.2) is 5.69 Å². The third-order valence-corrected chi connectivity index (χ3v) is 4.29. The summed E-state index contributed by atoms with van der Waals surface area (Å²) in [5.74, 6) is -1.97. The maximum absolute atomic E-state index is 12.4. The number of benzene rings is 1. The Kier molecular flexibility index (Phi) is 4.92. The van der Waals surface area contributed by atoms with Crippen molar-refractivity contribution in [3.63, 3.8) is 0 Å². The Labute approximate surface area is 149 Å². The number of nitrogens with zero attached hydrogens (tertiary/aromatic N) is 2. The van der Waals surface area contributed by atoms with Crippen molar-refractivity contribution < 1.29 is 24.2 Å². The van der Waals surface area contributed by atoms with Gasteiger partial charge in [0.2, 0.25) is 0 Å². The first kappa shape index (κ1) is 17.5. The van der Waals surface area contributed by atoms with Crippen LogP contribution in [-0.2, 0) is 22.4 Å². The van der Waals surface area contributed by atoms with Gasteiger partial charge in [-0.1, -0.05) is 18.2 Å². The number of hydrogen-bond acceptors (Lipinski definition) is 6. The lowest BCUT2D eigenvalue weighted by Gasteiger charge is -2.14. The summed E-state index contributed by atoms with van der Waals surface area (Å²) in [5, 5.41) is 11.8. The van der Waals surface area contributed by atoms with E-state index in [1.54, 1.807) is 0 Å². The molecule has 26 heavy (non-hydrogen) atoms. The number of aromatic carboxylic acids is 1. The number of carbonyl (C=O) groups is 3. The Morgan fingerprint density at radius 1 is 1.23 bits per heavy atom. The van der Waals surface area contributed by atoms with Gasteiger partial charge in [0.25, 0.3) is 5.91 Å². The van der Waals surface area contributed by atoms with Gasteiger partial charge in [0, 0.05) is 6.07 Å². The zero-order valence-electron chi connectivity index (χ0n) is 14.1. The zero-order valence-corrected chi connectivity index (χ0v) is 14.1. The Morgan fingerprint density at radius 2 is 2.00 bits per heavy atom. The van der Waals surface area contributed by atoms with Crippen LogP contribution in [0.5, 0.6) is 0 Å². The molecule has 1 aliphatic rings. The quantitative estimate of drug-likeness (QED) is 0.776. The van der Waals surface area contributed by atoms with Crippen LogP contribution in [0.3, 0.4) is 0 Å². The largest absolute Gasteiger partial charge is 0.477 e. The number of ether oxygens (including phenoxy) is 1. The maximum Gasteiger partial charge on any atom is 0.354 e. The fourth-order valence-corrected chi connectivity index (χ4v) is 3.00. The van der Waals surface area contributed by atoms with Crippen molar-refractivity contribution in [2.75, 3.05) is 7.11 Å². The molecule has 8 heteroatoms. The molecule has 1 aliphatic carbocycles. The third kappa shape index (κ3) is 3.69. The highest BCUT2D eigenvalue weighted by molar-refractivity contribution is 5.95. The summed E-state index contributed by atoms with van der Waals surface area (Å²) >= 11 is 0. The number of esters is 1. The molecule has 0 fully saturated rings. The molecule has 1 aromatic carbocycles. The summed E-state index contributed by atoms with van der Waals surface area (Å²) in [7, 11) is 1.35. The van der Waals surface area contributed by atoms with Crippen LogP contribution in [0.2, 0.25) is 0 Å². The molecule has 1 atom stereocenters. The second-order valence-corrected chi connectivity index (χ2v) is 5.94. The highest BCUT2D eigenvalue weighted by Crippen LogP contribution is 2.32. The number of aromatic nitrogens is 2. The lowest BCUT2D eigenvalue weighted by atomic mass is 10.0. The number of carbonyl (C=O) groups excluding carboxylic acids is 2. The summed E-state index contributed by atoms with van der Waals surface area (Å²) in [4.78, 5) is 42.2. The molecule has 0 unspecified atom stereocenters. The van der Waals surface area contributed by atoms with Crippen molar-refractivity contribution in [1.29, 1.82) is 0 Å². The van der Waals surface area contributed by atoms with E-state index in [4.69, 9.17) is 5.11 Å². The van der Waals surface area contributed by atoms with Gasteiger partial charge in [-0.15, -0.1) is 0 Å². The van der Waals surface area contributed by atoms with Crippen LogP contribution >= 0.6 is 0 Å². The van der Waals surface area contributed by atoms with E-state index in [1.807, 2.05) is 18.2 Å². The van der Waals surface area contributed by atoms with Crippen molar-refractivity contribution in [2.24, 2.45) is 0 Å². The van der Waals surface area contributed by atoms with Crippen LogP contribution in [0.1, 0.15) is 50.1 Å². The monoisotopic (exact) mass is 355 g/mol. The van der Waals surface area contributed by atoms with Gasteiger partial charge in [-0.3, -0.25) is 9.59 Å². The standard InChI is InChI=1S/C18H17N3O5/c1-26-16(22)7-10-2-4-12-11(6-10)3-5-13(12)21-17(23)14-8-15(18(24)25)20-9-19-14/h2,4,6,8-9,13H,3,5,7H2,1H3,(H,21,23)(H,24,25)/t13-/m0/s1. The van der Waals surface area contributed by atoms with Crippen molar-refractivity contribution in [2.45, 2.75) is 25.3 Å². The fraction of sp³-hybridized carbons (Fsp3) is 0.278. The molecule has 0 bridgehead atoms. The minimum atomic E-state index is -1.22. The summed E-state index contributed by atoms with van der Waals surface area (Å²) in [5.41, 5.74) is 2.70. The topological polar surface area (TPSA) is 118 Å². The van der Waals surface area contributed by atoms with Crippen LogP contribution in [0.4, 0.5) is 0 Å². The van der Waals surface area contributed by atoms with Crippen LogP contribution in [0.15, 0.2) is 30.6 Å². The van der Waals surface area contributed by atoms with Crippen molar-refractivity contribution >= 4 is 17.8 Å². The molecule has 134 valence electrons. The van der Waals surface area contributed by atoms with Gasteiger partial charge < -0.3 is 15.2 Å². The number of nitrogens with one attached hydrogen (secondary N) is 1. The first-order valence-corrected chi connectivity index (χ1v) is 8.02. The van der Waals surface area contributed by atoms with E-state index in [9.17, 15) is 14.4 Å². The third-order valence-electron chi connectivity index (χ3n) is 4.29. The summed E-state index contributed by atoms with van der Waals surface area (Å²) in [6.45, 7) is 0. The molecule has 3 rings (SSSR count). The van der Waals surface area contributed by atoms with Crippen molar-refractivity contribution in [3.05, 3.63) is 58.7 Å². The van der Waals surface area contributed by atoms with E-state index in [0.717, 1.165) is 41.9 Å². The second kappa shape index (κ2) is 7.30. The predicted octanol–water partition coefficient (Wildman–Crippen LogP) is 1.31. The van der Waals surface area contributed by atoms with E-state index < -0.39 is 11.9 Å². The molecule has 0 saturated carbocycles. The van der Waals surface area contributed by atoms with E-state index in [1.165, 1.54) is 7.11 Å². The Bertz CT molecular complexity index is 881. The Morgan fingerprint density at radius 3 is 2.73 bits per heavy atom. The second-order valence-electron chi connectivity index (χ2n) is 5.94. The lowest BCUT2D eigenvalue weighted by molar-refractivity contribution is -0.139. The first-order chi connectivity index (χ1) is 12.5. The van der Waals surface area contributed by atoms with Gasteiger partial charge in [-0.2, -0.15) is 0 Å². The molecule has 0 radical (unpaired) electrons. The van der Waals surface area contributed by atoms with Gasteiger partial charge in [-0.25, -0.2) is 14.8 Å². The smallest absolute Gasteiger partial charge is 0.354 e. The normalized spacial score (nSPS) is 15.2. The molecular formula is C18H17N3O5. The van der Waals surface area contributed by atoms with Crippen LogP contribution in [0.25, 0.3) is 0 Å². The number of rotatable bonds is 5. The van der Waals surface area contributed by atoms with Gasteiger partial charge >= 0.3 is 11.9 Å². The van der Waals surface area contributed by atoms with Crippen LogP contribution in [-0.4, -0.2) is 40.0 Å². The SMILES string of the molecule is COC(=O)Cc1ccc2c(c1)CC[C@@H]2NC(=O)c1cc(C(=O)O)ncn1. The average Bonchev–Trinajstić information content (AvgIpc) is 3.03. The van der Waals surface area contributed by atoms with Crippen molar-refractivity contribution in [3.8, 4) is 0 Å². The minimum absolute atomic E-state index is 0.00756. The van der Waals surface area contributed by atoms with Crippen molar-refractivity contribution in [1.82, 2.24) is 15.3 Å².